The molecule has 2 atom stereocenters. The first-order valence-corrected chi connectivity index (χ1v) is 8.58. The van der Waals surface area contributed by atoms with Crippen LogP contribution in [0.5, 0.6) is 0 Å². The van der Waals surface area contributed by atoms with Gasteiger partial charge in [-0.05, 0) is 74.2 Å². The Kier molecular flexibility index (Phi) is 2.97. The van der Waals surface area contributed by atoms with Gasteiger partial charge in [0.2, 0.25) is 0 Å². The molecule has 0 aromatic heterocycles. The number of hydrogen-bond acceptors (Lipinski definition) is 2. The summed E-state index contributed by atoms with van der Waals surface area (Å²) in [7, 11) is 0. The van der Waals surface area contributed by atoms with Gasteiger partial charge >= 0.3 is 0 Å². The zero-order valence-corrected chi connectivity index (χ0v) is 12.6. The van der Waals surface area contributed by atoms with Gasteiger partial charge in [-0.2, -0.15) is 0 Å². The van der Waals surface area contributed by atoms with Crippen molar-refractivity contribution >= 4 is 0 Å². The van der Waals surface area contributed by atoms with E-state index in [0.717, 1.165) is 22.7 Å². The maximum atomic E-state index is 3.47. The van der Waals surface area contributed by atoms with Crippen molar-refractivity contribution in [1.82, 2.24) is 10.2 Å². The first-order chi connectivity index (χ1) is 9.15. The highest BCUT2D eigenvalue weighted by atomic mass is 15.2. The SMILES string of the molecule is CC12CC3CC(C1)CC(CCN1CCNCC1)(C3)C2. The van der Waals surface area contributed by atoms with Gasteiger partial charge in [-0.15, -0.1) is 0 Å². The van der Waals surface area contributed by atoms with E-state index in [1.54, 1.807) is 38.5 Å². The van der Waals surface area contributed by atoms with Crippen molar-refractivity contribution in [2.45, 2.75) is 51.9 Å². The maximum absolute atomic E-state index is 3.47. The second-order valence-electron chi connectivity index (χ2n) is 8.61. The summed E-state index contributed by atoms with van der Waals surface area (Å²) in [5, 5.41) is 3.47. The number of piperazine rings is 1. The smallest absolute Gasteiger partial charge is 0.0107 e. The van der Waals surface area contributed by atoms with E-state index >= 15 is 0 Å². The van der Waals surface area contributed by atoms with Crippen LogP contribution in [-0.4, -0.2) is 37.6 Å². The third-order valence-electron chi connectivity index (χ3n) is 6.64. The Morgan fingerprint density at radius 3 is 2.37 bits per heavy atom. The molecular formula is C17H30N2. The minimum atomic E-state index is 0.730. The van der Waals surface area contributed by atoms with Gasteiger partial charge in [0.05, 0.1) is 0 Å². The fraction of sp³-hybridized carbons (Fsp3) is 1.00. The molecule has 4 saturated carbocycles. The molecule has 0 radical (unpaired) electrons. The Morgan fingerprint density at radius 1 is 1.05 bits per heavy atom. The van der Waals surface area contributed by atoms with Crippen molar-refractivity contribution in [1.29, 1.82) is 0 Å². The molecule has 0 aromatic carbocycles. The molecular weight excluding hydrogens is 232 g/mol. The Balaban J connectivity index is 1.42. The highest BCUT2D eigenvalue weighted by Crippen LogP contribution is 2.66. The van der Waals surface area contributed by atoms with Crippen LogP contribution in [0, 0.1) is 22.7 Å². The molecule has 0 spiro atoms. The number of nitrogens with zero attached hydrogens (tertiary/aromatic N) is 1. The molecule has 2 unspecified atom stereocenters. The summed E-state index contributed by atoms with van der Waals surface area (Å²) in [6.07, 6.45) is 10.9. The van der Waals surface area contributed by atoms with Crippen molar-refractivity contribution in [2.75, 3.05) is 32.7 Å². The lowest BCUT2D eigenvalue weighted by Gasteiger charge is -2.62. The third kappa shape index (κ3) is 2.35. The van der Waals surface area contributed by atoms with Crippen molar-refractivity contribution < 1.29 is 0 Å². The molecule has 0 aromatic rings. The van der Waals surface area contributed by atoms with E-state index in [2.05, 4.69) is 17.1 Å². The molecule has 2 nitrogen and oxygen atoms in total. The molecule has 19 heavy (non-hydrogen) atoms. The average molecular weight is 262 g/mol. The van der Waals surface area contributed by atoms with E-state index in [4.69, 9.17) is 0 Å². The van der Waals surface area contributed by atoms with Crippen molar-refractivity contribution in [2.24, 2.45) is 22.7 Å². The number of nitrogens with one attached hydrogen (secondary N) is 1. The molecule has 2 heteroatoms. The van der Waals surface area contributed by atoms with Crippen LogP contribution in [0.25, 0.3) is 0 Å². The van der Waals surface area contributed by atoms with Crippen LogP contribution in [0.3, 0.4) is 0 Å². The lowest BCUT2D eigenvalue weighted by molar-refractivity contribution is -0.107. The van der Waals surface area contributed by atoms with Gasteiger partial charge in [-0.25, -0.2) is 0 Å². The largest absolute Gasteiger partial charge is 0.314 e. The van der Waals surface area contributed by atoms with E-state index < -0.39 is 0 Å². The Hall–Kier alpha value is -0.0800. The standard InChI is InChI=1S/C17H30N2/c1-16-9-14-8-15(10-16)12-17(11-14,13-16)2-5-19-6-3-18-4-7-19/h14-15,18H,2-13H2,1H3. The van der Waals surface area contributed by atoms with Crippen molar-refractivity contribution in [3.8, 4) is 0 Å². The monoisotopic (exact) mass is 262 g/mol. The van der Waals surface area contributed by atoms with Crippen LogP contribution in [0.15, 0.2) is 0 Å². The Bertz CT molecular complexity index is 331. The fourth-order valence-electron chi connectivity index (χ4n) is 6.55. The van der Waals surface area contributed by atoms with Crippen LogP contribution in [0.1, 0.15) is 51.9 Å². The minimum Gasteiger partial charge on any atom is -0.314 e. The van der Waals surface area contributed by atoms with Crippen molar-refractivity contribution in [3.05, 3.63) is 0 Å². The van der Waals surface area contributed by atoms with Gasteiger partial charge in [0, 0.05) is 26.2 Å². The van der Waals surface area contributed by atoms with E-state index in [1.165, 1.54) is 39.1 Å². The predicted molar refractivity (Wildman–Crippen MR) is 79.1 cm³/mol. The summed E-state index contributed by atoms with van der Waals surface area (Å²) in [6, 6.07) is 0. The van der Waals surface area contributed by atoms with Gasteiger partial charge in [0.15, 0.2) is 0 Å². The lowest BCUT2D eigenvalue weighted by Crippen LogP contribution is -2.52. The molecule has 4 aliphatic carbocycles. The van der Waals surface area contributed by atoms with Gasteiger partial charge in [0.25, 0.3) is 0 Å². The van der Waals surface area contributed by atoms with E-state index in [0.29, 0.717) is 0 Å². The van der Waals surface area contributed by atoms with Gasteiger partial charge in [0.1, 0.15) is 0 Å². The van der Waals surface area contributed by atoms with Crippen molar-refractivity contribution in [3.63, 3.8) is 0 Å². The first-order valence-electron chi connectivity index (χ1n) is 8.58. The molecule has 4 bridgehead atoms. The molecule has 1 aliphatic heterocycles. The summed E-state index contributed by atoms with van der Waals surface area (Å²) in [5.74, 6) is 2.18. The molecule has 1 heterocycles. The topological polar surface area (TPSA) is 15.3 Å². The van der Waals surface area contributed by atoms with Gasteiger partial charge < -0.3 is 10.2 Å². The summed E-state index contributed by atoms with van der Waals surface area (Å²) >= 11 is 0. The van der Waals surface area contributed by atoms with Crippen LogP contribution in [0.4, 0.5) is 0 Å². The fourth-order valence-corrected chi connectivity index (χ4v) is 6.55. The lowest BCUT2D eigenvalue weighted by atomic mass is 9.44. The maximum Gasteiger partial charge on any atom is 0.0107 e. The summed E-state index contributed by atoms with van der Waals surface area (Å²) < 4.78 is 0. The predicted octanol–water partition coefficient (Wildman–Crippen LogP) is 2.89. The van der Waals surface area contributed by atoms with Crippen LogP contribution < -0.4 is 5.32 Å². The van der Waals surface area contributed by atoms with Crippen LogP contribution in [0.2, 0.25) is 0 Å². The minimum absolute atomic E-state index is 0.730. The second-order valence-corrected chi connectivity index (χ2v) is 8.61. The van der Waals surface area contributed by atoms with Gasteiger partial charge in [-0.1, -0.05) is 6.92 Å². The average Bonchev–Trinajstić information content (AvgIpc) is 2.35. The normalized spacial score (nSPS) is 49.7. The van der Waals surface area contributed by atoms with Gasteiger partial charge in [-0.3, -0.25) is 0 Å². The number of hydrogen-bond donors (Lipinski definition) is 1. The quantitative estimate of drug-likeness (QED) is 0.841. The molecule has 5 rings (SSSR count). The molecule has 1 saturated heterocycles. The first kappa shape index (κ1) is 12.6. The second kappa shape index (κ2) is 4.46. The molecule has 1 N–H and O–H groups in total. The van der Waals surface area contributed by atoms with Crippen LogP contribution in [-0.2, 0) is 0 Å². The summed E-state index contributed by atoms with van der Waals surface area (Å²) in [6.45, 7) is 8.94. The Labute approximate surface area is 118 Å². The number of rotatable bonds is 3. The molecule has 5 fully saturated rings. The molecule has 5 aliphatic rings. The molecule has 0 amide bonds. The Morgan fingerprint density at radius 2 is 1.74 bits per heavy atom. The van der Waals surface area contributed by atoms with Crippen LogP contribution >= 0.6 is 0 Å². The van der Waals surface area contributed by atoms with E-state index in [9.17, 15) is 0 Å². The highest BCUT2D eigenvalue weighted by molar-refractivity contribution is 5.06. The zero-order valence-electron chi connectivity index (χ0n) is 12.6. The van der Waals surface area contributed by atoms with E-state index in [-0.39, 0.29) is 0 Å². The zero-order chi connectivity index (χ0) is 12.9. The highest BCUT2D eigenvalue weighted by Gasteiger charge is 2.55. The summed E-state index contributed by atoms with van der Waals surface area (Å²) in [4.78, 5) is 2.71. The van der Waals surface area contributed by atoms with E-state index in [1.807, 2.05) is 0 Å². The third-order valence-corrected chi connectivity index (χ3v) is 6.64. The summed E-state index contributed by atoms with van der Waals surface area (Å²) in [5.41, 5.74) is 1.48. The molecule has 108 valence electrons.